The normalized spacial score (nSPS) is 11.5. The summed E-state index contributed by atoms with van der Waals surface area (Å²) in [6.07, 6.45) is 0. The van der Waals surface area contributed by atoms with Crippen molar-refractivity contribution in [1.29, 1.82) is 0 Å². The minimum absolute atomic E-state index is 0.133. The Morgan fingerprint density at radius 3 is 0.821 bits per heavy atom. The van der Waals surface area contributed by atoms with E-state index in [1.54, 1.807) is 0 Å². The summed E-state index contributed by atoms with van der Waals surface area (Å²) < 4.78 is 12.7. The molecule has 0 aliphatic carbocycles. The smallest absolute Gasteiger partial charge is 0.192 e. The Kier molecular flexibility index (Phi) is 13.2. The molecule has 0 unspecified atom stereocenters. The lowest BCUT2D eigenvalue weighted by Crippen LogP contribution is -2.40. The topological polar surface area (TPSA) is 82.9 Å². The van der Waals surface area contributed by atoms with Crippen LogP contribution in [0.4, 0.5) is 0 Å². The molecule has 0 amide bonds. The fourth-order valence-electron chi connectivity index (χ4n) is 4.44. The first kappa shape index (κ1) is 41.5. The van der Waals surface area contributed by atoms with E-state index in [1.807, 2.05) is 91.0 Å². The number of pyridine rings is 5. The van der Waals surface area contributed by atoms with E-state index >= 15 is 0 Å². The number of nitrogens with zero attached hydrogens (tertiary/aromatic N) is 5. The third-order valence-electron chi connectivity index (χ3n) is 9.91. The Hall–Kier alpha value is -5.66. The van der Waals surface area contributed by atoms with Crippen LogP contribution in [0.3, 0.4) is 0 Å². The maximum atomic E-state index is 6.34. The number of hydrogen-bond acceptors (Lipinski definition) is 7. The third kappa shape index (κ3) is 12.2. The zero-order chi connectivity index (χ0) is 40.4. The number of rotatable bonds is 6. The highest BCUT2D eigenvalue weighted by Crippen LogP contribution is 2.37. The molecule has 0 aromatic carbocycles. The van der Waals surface area contributed by atoms with Gasteiger partial charge in [-0.15, -0.1) is 0 Å². The van der Waals surface area contributed by atoms with Crippen LogP contribution in [-0.2, 0) is 22.1 Å². The average molecular weight is 772 g/mol. The molecule has 9 heteroatoms. The highest BCUT2D eigenvalue weighted by atomic mass is 28.4. The minimum Gasteiger partial charge on any atom is -0.411 e. The molecule has 0 fully saturated rings. The van der Waals surface area contributed by atoms with Crippen LogP contribution in [0, 0.1) is 47.4 Å². The predicted octanol–water partition coefficient (Wildman–Crippen LogP) is 9.30. The molecule has 0 aliphatic heterocycles. The summed E-state index contributed by atoms with van der Waals surface area (Å²) in [5.74, 6) is 24.9. The molecule has 0 radical (unpaired) electrons. The van der Waals surface area contributed by atoms with Crippen LogP contribution in [-0.4, -0.2) is 41.6 Å². The van der Waals surface area contributed by atoms with E-state index in [1.165, 1.54) is 0 Å². The highest BCUT2D eigenvalue weighted by molar-refractivity contribution is 6.74. The molecule has 0 saturated heterocycles. The van der Waals surface area contributed by atoms with Crippen LogP contribution in [0.5, 0.6) is 0 Å². The van der Waals surface area contributed by atoms with Crippen molar-refractivity contribution in [2.45, 2.75) is 91.0 Å². The molecule has 282 valence electrons. The van der Waals surface area contributed by atoms with Crippen LogP contribution in [0.15, 0.2) is 91.0 Å². The maximum absolute atomic E-state index is 6.34. The van der Waals surface area contributed by atoms with Gasteiger partial charge in [-0.05, 0) is 144 Å². The number of aromatic nitrogens is 5. The van der Waals surface area contributed by atoms with E-state index in [0.717, 1.165) is 11.4 Å². The van der Waals surface area contributed by atoms with Crippen molar-refractivity contribution in [3.63, 3.8) is 0 Å². The zero-order valence-electron chi connectivity index (χ0n) is 34.1. The molecule has 0 atom stereocenters. The average Bonchev–Trinajstić information content (AvgIpc) is 3.16. The summed E-state index contributed by atoms with van der Waals surface area (Å²) in [6, 6.07) is 28.4. The Labute approximate surface area is 335 Å². The molecule has 0 spiro atoms. The van der Waals surface area contributed by atoms with E-state index in [0.29, 0.717) is 58.8 Å². The molecule has 5 heterocycles. The zero-order valence-corrected chi connectivity index (χ0v) is 36.1. The molecular weight excluding hydrogens is 723 g/mol. The maximum Gasteiger partial charge on any atom is 0.192 e. The Morgan fingerprint density at radius 2 is 0.589 bits per heavy atom. The van der Waals surface area contributed by atoms with Crippen LogP contribution in [0.2, 0.25) is 36.3 Å². The largest absolute Gasteiger partial charge is 0.411 e. The summed E-state index contributed by atoms with van der Waals surface area (Å²) in [7, 11) is -3.76. The lowest BCUT2D eigenvalue weighted by molar-refractivity contribution is 0.272. The van der Waals surface area contributed by atoms with Crippen molar-refractivity contribution < 1.29 is 8.85 Å². The second-order valence-corrected chi connectivity index (χ2v) is 26.0. The van der Waals surface area contributed by atoms with Crippen molar-refractivity contribution in [3.05, 3.63) is 148 Å². The van der Waals surface area contributed by atoms with Crippen LogP contribution in [0.1, 0.15) is 98.5 Å². The SMILES string of the molecule is CC(C)(C)[Si](C)(C)OCc1cccc(C#Cc2cccc(C#Cc3cccc(C#Cc4cccc(C#Cc5cccc(CO[Si](C)(C)C(C)(C)C)n5)n4)n3)n2)n1. The van der Waals surface area contributed by atoms with Gasteiger partial charge in [-0.2, -0.15) is 0 Å². The Balaban J connectivity index is 1.22. The second-order valence-electron chi connectivity index (χ2n) is 16.4. The molecule has 0 bridgehead atoms. The van der Waals surface area contributed by atoms with E-state index in [9.17, 15) is 0 Å². The molecule has 5 aromatic heterocycles. The summed E-state index contributed by atoms with van der Waals surface area (Å²) in [4.78, 5) is 23.2. The van der Waals surface area contributed by atoms with Gasteiger partial charge in [0, 0.05) is 0 Å². The summed E-state index contributed by atoms with van der Waals surface area (Å²) in [6.45, 7) is 23.3. The predicted molar refractivity (Wildman–Crippen MR) is 229 cm³/mol. The van der Waals surface area contributed by atoms with Crippen LogP contribution in [0.25, 0.3) is 0 Å². The minimum atomic E-state index is -1.88. The van der Waals surface area contributed by atoms with Gasteiger partial charge >= 0.3 is 0 Å². The van der Waals surface area contributed by atoms with Crippen molar-refractivity contribution in [1.82, 2.24) is 24.9 Å². The first-order chi connectivity index (χ1) is 26.5. The van der Waals surface area contributed by atoms with Gasteiger partial charge in [0.25, 0.3) is 0 Å². The van der Waals surface area contributed by atoms with Gasteiger partial charge in [0.15, 0.2) is 16.6 Å². The molecule has 0 aliphatic rings. The first-order valence-electron chi connectivity index (χ1n) is 18.6. The Bertz CT molecular complexity index is 2280. The lowest BCUT2D eigenvalue weighted by atomic mass is 10.2. The Morgan fingerprint density at radius 1 is 0.375 bits per heavy atom. The molecule has 0 saturated carbocycles. The summed E-state index contributed by atoms with van der Waals surface area (Å²) >= 11 is 0. The van der Waals surface area contributed by atoms with Crippen LogP contribution < -0.4 is 0 Å². The molecule has 56 heavy (non-hydrogen) atoms. The van der Waals surface area contributed by atoms with Crippen LogP contribution >= 0.6 is 0 Å². The summed E-state index contributed by atoms with van der Waals surface area (Å²) in [5, 5.41) is 0.266. The molecule has 7 nitrogen and oxygen atoms in total. The van der Waals surface area contributed by atoms with Crippen molar-refractivity contribution in [2.75, 3.05) is 0 Å². The van der Waals surface area contributed by atoms with Gasteiger partial charge in [-0.3, -0.25) is 0 Å². The van der Waals surface area contributed by atoms with E-state index in [2.05, 4.69) is 130 Å². The fraction of sp³-hybridized carbons (Fsp3) is 0.298. The molecule has 0 N–H and O–H groups in total. The quantitative estimate of drug-likeness (QED) is 0.126. The standard InChI is InChI=1S/C47H49N5O2Si2/c1-46(2,3)55(7,8)53-34-44-24-14-22-42(51-44)32-30-40-20-12-18-38(49-40)28-26-36-16-11-17-37(48-36)27-29-39-19-13-21-41(50-39)31-33-43-23-15-25-45(52-43)35-54-56(9,10)47(4,5)6/h11-25H,34-35H2,1-10H3. The fourth-order valence-corrected chi connectivity index (χ4v) is 6.32. The van der Waals surface area contributed by atoms with Crippen molar-refractivity contribution in [2.24, 2.45) is 0 Å². The number of hydrogen-bond donors (Lipinski definition) is 0. The van der Waals surface area contributed by atoms with Gasteiger partial charge in [-0.25, -0.2) is 24.9 Å². The van der Waals surface area contributed by atoms with Gasteiger partial charge in [0.2, 0.25) is 0 Å². The van der Waals surface area contributed by atoms with E-state index < -0.39 is 16.6 Å². The molecule has 5 aromatic rings. The second kappa shape index (κ2) is 17.9. The molecular formula is C47H49N5O2Si2. The van der Waals surface area contributed by atoms with Crippen molar-refractivity contribution >= 4 is 16.6 Å². The van der Waals surface area contributed by atoms with Gasteiger partial charge in [0.1, 0.15) is 45.6 Å². The van der Waals surface area contributed by atoms with Gasteiger partial charge < -0.3 is 8.85 Å². The van der Waals surface area contributed by atoms with Gasteiger partial charge in [0.05, 0.1) is 24.6 Å². The third-order valence-corrected chi connectivity index (χ3v) is 18.9. The van der Waals surface area contributed by atoms with Gasteiger partial charge in [-0.1, -0.05) is 71.9 Å². The first-order valence-corrected chi connectivity index (χ1v) is 24.5. The van der Waals surface area contributed by atoms with Crippen molar-refractivity contribution in [3.8, 4) is 47.4 Å². The lowest BCUT2D eigenvalue weighted by Gasteiger charge is -2.36. The monoisotopic (exact) mass is 771 g/mol. The highest BCUT2D eigenvalue weighted by Gasteiger charge is 2.38. The molecule has 5 rings (SSSR count). The summed E-state index contributed by atoms with van der Waals surface area (Å²) in [5.41, 5.74) is 6.59. The van der Waals surface area contributed by atoms with E-state index in [-0.39, 0.29) is 10.1 Å². The van der Waals surface area contributed by atoms with E-state index in [4.69, 9.17) is 18.8 Å².